The van der Waals surface area contributed by atoms with Crippen molar-refractivity contribution in [2.24, 2.45) is 0 Å². The van der Waals surface area contributed by atoms with Crippen molar-refractivity contribution in [2.45, 2.75) is 62.7 Å². The van der Waals surface area contributed by atoms with Gasteiger partial charge in [-0.25, -0.2) is 17.9 Å². The lowest BCUT2D eigenvalue weighted by atomic mass is 9.99. The zero-order chi connectivity index (χ0) is 26.5. The Bertz CT molecular complexity index is 1400. The van der Waals surface area contributed by atoms with E-state index in [-0.39, 0.29) is 10.8 Å². The summed E-state index contributed by atoms with van der Waals surface area (Å²) < 4.78 is 27.9. The molecule has 0 fully saturated rings. The van der Waals surface area contributed by atoms with E-state index in [1.54, 1.807) is 12.1 Å². The van der Waals surface area contributed by atoms with Gasteiger partial charge in [-0.05, 0) is 96.9 Å². The fourth-order valence-electron chi connectivity index (χ4n) is 5.46. The quantitative estimate of drug-likeness (QED) is 0.379. The summed E-state index contributed by atoms with van der Waals surface area (Å²) in [6, 6.07) is 17.8. The SMILES string of the molecule is O=C(CCc1ccccc1)NCCc1ccc(S(=O)(=O)NC(=O)Nc2c3c(cc4c2CCC4)CCC3)cc1. The smallest absolute Gasteiger partial charge is 0.333 e. The van der Waals surface area contributed by atoms with E-state index in [0.29, 0.717) is 25.8 Å². The molecule has 0 bridgehead atoms. The minimum absolute atomic E-state index is 0.0158. The van der Waals surface area contributed by atoms with Crippen LogP contribution in [0.2, 0.25) is 0 Å². The second kappa shape index (κ2) is 11.4. The maximum absolute atomic E-state index is 12.9. The molecule has 2 aliphatic carbocycles. The standard InChI is InChI=1S/C30H33N3O4S/c34-28(17-14-21-6-2-1-3-7-21)31-19-18-22-12-15-25(16-13-22)38(36,37)33-30(35)32-29-26-10-4-8-23(26)20-24-9-5-11-27(24)29/h1-3,6-7,12-13,15-16,20H,4-5,8-11,14,17-19H2,(H,31,34)(H2,32,33,35). The number of urea groups is 1. The first-order valence-corrected chi connectivity index (χ1v) is 14.8. The number of hydrogen-bond acceptors (Lipinski definition) is 4. The van der Waals surface area contributed by atoms with Gasteiger partial charge in [0.25, 0.3) is 10.0 Å². The number of carbonyl (C=O) groups is 2. The van der Waals surface area contributed by atoms with E-state index in [1.165, 1.54) is 23.3 Å². The summed E-state index contributed by atoms with van der Waals surface area (Å²) in [7, 11) is -4.02. The number of nitrogens with one attached hydrogen (secondary N) is 3. The number of hydrogen-bond donors (Lipinski definition) is 3. The number of sulfonamides is 1. The Balaban J connectivity index is 1.13. The molecule has 5 rings (SSSR count). The highest BCUT2D eigenvalue weighted by Gasteiger charge is 2.26. The molecule has 3 aromatic rings. The molecular formula is C30H33N3O4S. The molecule has 0 aliphatic heterocycles. The van der Waals surface area contributed by atoms with E-state index in [1.807, 2.05) is 30.3 Å². The predicted molar refractivity (Wildman–Crippen MR) is 148 cm³/mol. The second-order valence-electron chi connectivity index (χ2n) is 10.0. The van der Waals surface area contributed by atoms with E-state index in [9.17, 15) is 18.0 Å². The highest BCUT2D eigenvalue weighted by atomic mass is 32.2. The fraction of sp³-hybridized carbons (Fsp3) is 0.333. The number of fused-ring (bicyclic) bond motifs is 2. The molecule has 0 heterocycles. The Labute approximate surface area is 224 Å². The van der Waals surface area contributed by atoms with Crippen LogP contribution in [-0.4, -0.2) is 26.9 Å². The molecule has 8 heteroatoms. The first-order chi connectivity index (χ1) is 18.4. The third-order valence-corrected chi connectivity index (χ3v) is 8.74. The first kappa shape index (κ1) is 26.0. The summed E-state index contributed by atoms with van der Waals surface area (Å²) in [6.07, 6.45) is 7.60. The molecule has 38 heavy (non-hydrogen) atoms. The van der Waals surface area contributed by atoms with Gasteiger partial charge in [0, 0.05) is 18.7 Å². The van der Waals surface area contributed by atoms with Crippen LogP contribution < -0.4 is 15.4 Å². The Kier molecular flexibility index (Phi) is 7.79. The number of rotatable bonds is 9. The largest absolute Gasteiger partial charge is 0.356 e. The zero-order valence-electron chi connectivity index (χ0n) is 21.4. The Morgan fingerprint density at radius 3 is 2.05 bits per heavy atom. The molecule has 3 amide bonds. The number of aryl methyl sites for hydroxylation is 3. The molecule has 3 N–H and O–H groups in total. The number of benzene rings is 3. The highest BCUT2D eigenvalue weighted by Crippen LogP contribution is 2.38. The van der Waals surface area contributed by atoms with Gasteiger partial charge in [0.2, 0.25) is 5.91 Å². The van der Waals surface area contributed by atoms with Crippen LogP contribution in [0.15, 0.2) is 65.6 Å². The molecule has 7 nitrogen and oxygen atoms in total. The van der Waals surface area contributed by atoms with Gasteiger partial charge < -0.3 is 10.6 Å². The van der Waals surface area contributed by atoms with Crippen molar-refractivity contribution in [3.05, 3.63) is 94.0 Å². The van der Waals surface area contributed by atoms with Crippen molar-refractivity contribution in [1.82, 2.24) is 10.0 Å². The van der Waals surface area contributed by atoms with E-state index >= 15 is 0 Å². The Morgan fingerprint density at radius 1 is 0.763 bits per heavy atom. The van der Waals surface area contributed by atoms with Crippen molar-refractivity contribution < 1.29 is 18.0 Å². The topological polar surface area (TPSA) is 104 Å². The highest BCUT2D eigenvalue weighted by molar-refractivity contribution is 7.90. The van der Waals surface area contributed by atoms with Gasteiger partial charge in [0.05, 0.1) is 4.90 Å². The van der Waals surface area contributed by atoms with Crippen molar-refractivity contribution in [1.29, 1.82) is 0 Å². The lowest BCUT2D eigenvalue weighted by Crippen LogP contribution is -2.35. The van der Waals surface area contributed by atoms with E-state index in [2.05, 4.69) is 21.4 Å². The summed E-state index contributed by atoms with van der Waals surface area (Å²) in [5.41, 5.74) is 7.66. The minimum atomic E-state index is -4.02. The van der Waals surface area contributed by atoms with Crippen LogP contribution in [0.4, 0.5) is 10.5 Å². The van der Waals surface area contributed by atoms with Crippen molar-refractivity contribution in [2.75, 3.05) is 11.9 Å². The van der Waals surface area contributed by atoms with Crippen LogP contribution in [-0.2, 0) is 53.3 Å². The van der Waals surface area contributed by atoms with Gasteiger partial charge in [-0.3, -0.25) is 4.79 Å². The summed E-state index contributed by atoms with van der Waals surface area (Å²) in [5.74, 6) is -0.0158. The van der Waals surface area contributed by atoms with E-state index < -0.39 is 16.1 Å². The predicted octanol–water partition coefficient (Wildman–Crippen LogP) is 4.47. The molecular weight excluding hydrogens is 498 g/mol. The summed E-state index contributed by atoms with van der Waals surface area (Å²) in [5, 5.41) is 5.78. The van der Waals surface area contributed by atoms with Gasteiger partial charge in [-0.2, -0.15) is 0 Å². The molecule has 0 saturated carbocycles. The number of anilines is 1. The van der Waals surface area contributed by atoms with Gasteiger partial charge in [-0.15, -0.1) is 0 Å². The maximum atomic E-state index is 12.9. The van der Waals surface area contributed by atoms with E-state index in [4.69, 9.17) is 0 Å². The molecule has 0 unspecified atom stereocenters. The Morgan fingerprint density at radius 2 is 1.39 bits per heavy atom. The normalized spacial score (nSPS) is 14.0. The molecule has 198 valence electrons. The van der Waals surface area contributed by atoms with Crippen LogP contribution in [0.3, 0.4) is 0 Å². The summed E-state index contributed by atoms with van der Waals surface area (Å²) in [6.45, 7) is 0.464. The zero-order valence-corrected chi connectivity index (χ0v) is 22.2. The van der Waals surface area contributed by atoms with Gasteiger partial charge >= 0.3 is 6.03 Å². The first-order valence-electron chi connectivity index (χ1n) is 13.3. The molecule has 0 atom stereocenters. The molecule has 3 aromatic carbocycles. The number of carbonyl (C=O) groups excluding carboxylic acids is 2. The van der Waals surface area contributed by atoms with Gasteiger partial charge in [-0.1, -0.05) is 48.5 Å². The van der Waals surface area contributed by atoms with Crippen LogP contribution in [0.5, 0.6) is 0 Å². The lowest BCUT2D eigenvalue weighted by Gasteiger charge is -2.16. The monoisotopic (exact) mass is 531 g/mol. The third kappa shape index (κ3) is 6.07. The third-order valence-electron chi connectivity index (χ3n) is 7.39. The average Bonchev–Trinajstić information content (AvgIpc) is 3.58. The van der Waals surface area contributed by atoms with E-state index in [0.717, 1.165) is 66.5 Å². The number of amides is 3. The van der Waals surface area contributed by atoms with Crippen LogP contribution >= 0.6 is 0 Å². The van der Waals surface area contributed by atoms with Gasteiger partial charge in [0.1, 0.15) is 0 Å². The average molecular weight is 532 g/mol. The van der Waals surface area contributed by atoms with Crippen LogP contribution in [0.1, 0.15) is 52.6 Å². The van der Waals surface area contributed by atoms with Crippen LogP contribution in [0, 0.1) is 0 Å². The lowest BCUT2D eigenvalue weighted by molar-refractivity contribution is -0.121. The van der Waals surface area contributed by atoms with Crippen LogP contribution in [0.25, 0.3) is 0 Å². The molecule has 0 saturated heterocycles. The Hall–Kier alpha value is -3.65. The van der Waals surface area contributed by atoms with Crippen molar-refractivity contribution >= 4 is 27.6 Å². The summed E-state index contributed by atoms with van der Waals surface area (Å²) >= 11 is 0. The summed E-state index contributed by atoms with van der Waals surface area (Å²) in [4.78, 5) is 24.9. The van der Waals surface area contributed by atoms with Crippen molar-refractivity contribution in [3.63, 3.8) is 0 Å². The fourth-order valence-corrected chi connectivity index (χ4v) is 6.37. The molecule has 0 aromatic heterocycles. The molecule has 0 radical (unpaired) electrons. The second-order valence-corrected chi connectivity index (χ2v) is 11.7. The van der Waals surface area contributed by atoms with Gasteiger partial charge in [0.15, 0.2) is 0 Å². The van der Waals surface area contributed by atoms with Crippen molar-refractivity contribution in [3.8, 4) is 0 Å². The maximum Gasteiger partial charge on any atom is 0.333 e. The molecule has 0 spiro atoms. The molecule has 2 aliphatic rings. The minimum Gasteiger partial charge on any atom is -0.356 e.